The van der Waals surface area contributed by atoms with Gasteiger partial charge in [0.1, 0.15) is 0 Å². The second kappa shape index (κ2) is 7.25. The molecule has 0 saturated carbocycles. The first-order valence-electron chi connectivity index (χ1n) is 6.23. The van der Waals surface area contributed by atoms with Gasteiger partial charge in [-0.2, -0.15) is 0 Å². The van der Waals surface area contributed by atoms with Gasteiger partial charge in [-0.3, -0.25) is 4.90 Å². The zero-order valence-corrected chi connectivity index (χ0v) is 11.3. The molecule has 0 saturated heterocycles. The molecule has 0 atom stereocenters. The van der Waals surface area contributed by atoms with E-state index >= 15 is 0 Å². The topological polar surface area (TPSA) is 15.3 Å². The number of nitrogens with one attached hydrogen (secondary N) is 1. The zero-order valence-electron chi connectivity index (χ0n) is 11.3. The first-order chi connectivity index (χ1) is 8.11. The number of nitrogens with zero attached hydrogens (tertiary/aromatic N) is 1. The third-order valence-corrected chi connectivity index (χ3v) is 2.56. The minimum absolute atomic E-state index is 0.953. The van der Waals surface area contributed by atoms with Crippen molar-refractivity contribution in [2.45, 2.75) is 26.9 Å². The lowest BCUT2D eigenvalue weighted by Gasteiger charge is -2.17. The molecule has 17 heavy (non-hydrogen) atoms. The van der Waals surface area contributed by atoms with Crippen LogP contribution in [0.15, 0.2) is 36.4 Å². The summed E-state index contributed by atoms with van der Waals surface area (Å²) in [7, 11) is 2.13. The molecular weight excluding hydrogens is 208 g/mol. The SMILES string of the molecule is C=C(C)CN(C)Cc1cccc(CNCC)c1. The Kier molecular flexibility index (Phi) is 5.95. The van der Waals surface area contributed by atoms with Crippen LogP contribution in [0.4, 0.5) is 0 Å². The molecule has 0 heterocycles. The van der Waals surface area contributed by atoms with Crippen molar-refractivity contribution in [2.75, 3.05) is 20.1 Å². The summed E-state index contributed by atoms with van der Waals surface area (Å²) in [4.78, 5) is 2.29. The van der Waals surface area contributed by atoms with Crippen LogP contribution in [0.3, 0.4) is 0 Å². The third-order valence-electron chi connectivity index (χ3n) is 2.56. The zero-order chi connectivity index (χ0) is 12.7. The number of benzene rings is 1. The maximum atomic E-state index is 3.94. The van der Waals surface area contributed by atoms with Crippen molar-refractivity contribution in [2.24, 2.45) is 0 Å². The summed E-state index contributed by atoms with van der Waals surface area (Å²) in [5.74, 6) is 0. The van der Waals surface area contributed by atoms with Crippen LogP contribution in [-0.4, -0.2) is 25.0 Å². The Hall–Kier alpha value is -1.12. The van der Waals surface area contributed by atoms with Crippen molar-refractivity contribution < 1.29 is 0 Å². The van der Waals surface area contributed by atoms with Crippen LogP contribution in [-0.2, 0) is 13.1 Å². The van der Waals surface area contributed by atoms with Crippen LogP contribution in [0.5, 0.6) is 0 Å². The van der Waals surface area contributed by atoms with Crippen molar-refractivity contribution in [1.82, 2.24) is 10.2 Å². The highest BCUT2D eigenvalue weighted by Gasteiger charge is 2.01. The molecule has 0 aliphatic heterocycles. The summed E-state index contributed by atoms with van der Waals surface area (Å²) in [5.41, 5.74) is 3.92. The number of likely N-dealkylation sites (N-methyl/N-ethyl adjacent to an activating group) is 1. The molecule has 0 aliphatic rings. The molecule has 0 amide bonds. The first-order valence-corrected chi connectivity index (χ1v) is 6.23. The molecule has 0 fully saturated rings. The molecule has 1 aromatic carbocycles. The van der Waals surface area contributed by atoms with Gasteiger partial charge in [0.15, 0.2) is 0 Å². The van der Waals surface area contributed by atoms with Gasteiger partial charge in [-0.25, -0.2) is 0 Å². The van der Waals surface area contributed by atoms with Gasteiger partial charge in [0.25, 0.3) is 0 Å². The Morgan fingerprint density at radius 1 is 1.35 bits per heavy atom. The Bertz CT molecular complexity index is 358. The van der Waals surface area contributed by atoms with Crippen molar-refractivity contribution in [3.63, 3.8) is 0 Å². The van der Waals surface area contributed by atoms with Gasteiger partial charge >= 0.3 is 0 Å². The predicted octanol–water partition coefficient (Wildman–Crippen LogP) is 2.80. The van der Waals surface area contributed by atoms with E-state index < -0.39 is 0 Å². The van der Waals surface area contributed by atoms with E-state index in [-0.39, 0.29) is 0 Å². The van der Waals surface area contributed by atoms with Crippen molar-refractivity contribution in [1.29, 1.82) is 0 Å². The van der Waals surface area contributed by atoms with Crippen molar-refractivity contribution >= 4 is 0 Å². The third kappa shape index (κ3) is 5.66. The summed E-state index contributed by atoms with van der Waals surface area (Å²) in [6, 6.07) is 8.77. The molecule has 0 unspecified atom stereocenters. The van der Waals surface area contributed by atoms with Gasteiger partial charge in [0.05, 0.1) is 0 Å². The fourth-order valence-corrected chi connectivity index (χ4v) is 1.94. The minimum Gasteiger partial charge on any atom is -0.313 e. The van der Waals surface area contributed by atoms with Gasteiger partial charge in [-0.15, -0.1) is 0 Å². The molecule has 1 rings (SSSR count). The van der Waals surface area contributed by atoms with Crippen molar-refractivity contribution in [3.05, 3.63) is 47.5 Å². The predicted molar refractivity (Wildman–Crippen MR) is 75.0 cm³/mol. The average molecular weight is 232 g/mol. The standard InChI is InChI=1S/C15H24N2/c1-5-16-10-14-7-6-8-15(9-14)12-17(4)11-13(2)3/h6-9,16H,2,5,10-12H2,1,3-4H3. The Morgan fingerprint density at radius 3 is 2.71 bits per heavy atom. The van der Waals surface area contributed by atoms with E-state index in [4.69, 9.17) is 0 Å². The van der Waals surface area contributed by atoms with E-state index in [1.54, 1.807) is 0 Å². The maximum Gasteiger partial charge on any atom is 0.0234 e. The molecule has 1 N–H and O–H groups in total. The fraction of sp³-hybridized carbons (Fsp3) is 0.467. The average Bonchev–Trinajstić information content (AvgIpc) is 2.25. The van der Waals surface area contributed by atoms with Crippen LogP contribution in [0.1, 0.15) is 25.0 Å². The van der Waals surface area contributed by atoms with E-state index in [0.29, 0.717) is 0 Å². The maximum absolute atomic E-state index is 3.94. The quantitative estimate of drug-likeness (QED) is 0.727. The van der Waals surface area contributed by atoms with Gasteiger partial charge in [0, 0.05) is 19.6 Å². The number of rotatable bonds is 7. The van der Waals surface area contributed by atoms with Crippen LogP contribution >= 0.6 is 0 Å². The van der Waals surface area contributed by atoms with Gasteiger partial charge in [0.2, 0.25) is 0 Å². The van der Waals surface area contributed by atoms with E-state index in [9.17, 15) is 0 Å². The summed E-state index contributed by atoms with van der Waals surface area (Å²) >= 11 is 0. The second-order valence-corrected chi connectivity index (χ2v) is 4.73. The molecule has 94 valence electrons. The lowest BCUT2D eigenvalue weighted by atomic mass is 10.1. The largest absolute Gasteiger partial charge is 0.313 e. The molecule has 0 radical (unpaired) electrons. The Balaban J connectivity index is 2.55. The smallest absolute Gasteiger partial charge is 0.0234 e. The molecule has 0 bridgehead atoms. The lowest BCUT2D eigenvalue weighted by Crippen LogP contribution is -2.19. The Labute approximate surface area is 105 Å². The summed E-state index contributed by atoms with van der Waals surface area (Å²) in [5, 5.41) is 3.35. The molecule has 0 aromatic heterocycles. The molecule has 0 spiro atoms. The van der Waals surface area contributed by atoms with Crippen LogP contribution in [0, 0.1) is 0 Å². The second-order valence-electron chi connectivity index (χ2n) is 4.73. The first kappa shape index (κ1) is 13.9. The highest BCUT2D eigenvalue weighted by Crippen LogP contribution is 2.08. The molecular formula is C15H24N2. The Morgan fingerprint density at radius 2 is 2.06 bits per heavy atom. The summed E-state index contributed by atoms with van der Waals surface area (Å²) in [6.07, 6.45) is 0. The minimum atomic E-state index is 0.953. The molecule has 2 nitrogen and oxygen atoms in total. The number of hydrogen-bond acceptors (Lipinski definition) is 2. The van der Waals surface area contributed by atoms with E-state index in [2.05, 4.69) is 62.0 Å². The van der Waals surface area contributed by atoms with Gasteiger partial charge < -0.3 is 5.32 Å². The normalized spacial score (nSPS) is 10.8. The fourth-order valence-electron chi connectivity index (χ4n) is 1.94. The number of hydrogen-bond donors (Lipinski definition) is 1. The van der Waals surface area contributed by atoms with Crippen LogP contribution in [0.25, 0.3) is 0 Å². The monoisotopic (exact) mass is 232 g/mol. The van der Waals surface area contributed by atoms with Crippen LogP contribution in [0.2, 0.25) is 0 Å². The molecule has 1 aromatic rings. The van der Waals surface area contributed by atoms with E-state index in [1.165, 1.54) is 16.7 Å². The van der Waals surface area contributed by atoms with E-state index in [0.717, 1.165) is 26.2 Å². The van der Waals surface area contributed by atoms with E-state index in [1.807, 2.05) is 0 Å². The molecule has 0 aliphatic carbocycles. The summed E-state index contributed by atoms with van der Waals surface area (Å²) < 4.78 is 0. The lowest BCUT2D eigenvalue weighted by molar-refractivity contribution is 0.355. The van der Waals surface area contributed by atoms with Gasteiger partial charge in [-0.1, -0.05) is 43.3 Å². The highest BCUT2D eigenvalue weighted by atomic mass is 15.1. The van der Waals surface area contributed by atoms with Crippen molar-refractivity contribution in [3.8, 4) is 0 Å². The molecule has 2 heteroatoms. The van der Waals surface area contributed by atoms with Gasteiger partial charge in [-0.05, 0) is 31.6 Å². The summed E-state index contributed by atoms with van der Waals surface area (Å²) in [6.45, 7) is 12.0. The van der Waals surface area contributed by atoms with Crippen LogP contribution < -0.4 is 5.32 Å². The highest BCUT2D eigenvalue weighted by molar-refractivity contribution is 5.23.